The van der Waals surface area contributed by atoms with E-state index >= 15 is 0 Å². The SMILES string of the molecule is CNC(=O)c1ccc(Cc2cc(C=O)nc3cc(C)oc23)cc1F. The number of carbonyl (C=O) groups is 2. The van der Waals surface area contributed by atoms with Crippen molar-refractivity contribution in [2.24, 2.45) is 0 Å². The summed E-state index contributed by atoms with van der Waals surface area (Å²) in [7, 11) is 1.45. The third-order valence-corrected chi connectivity index (χ3v) is 3.72. The molecule has 0 atom stereocenters. The van der Waals surface area contributed by atoms with Gasteiger partial charge in [-0.2, -0.15) is 0 Å². The quantitative estimate of drug-likeness (QED) is 0.748. The number of aldehydes is 1. The van der Waals surface area contributed by atoms with Crippen molar-refractivity contribution in [1.82, 2.24) is 10.3 Å². The lowest BCUT2D eigenvalue weighted by Crippen LogP contribution is -2.19. The zero-order chi connectivity index (χ0) is 17.3. The van der Waals surface area contributed by atoms with Crippen LogP contribution >= 0.6 is 0 Å². The van der Waals surface area contributed by atoms with Gasteiger partial charge in [-0.3, -0.25) is 9.59 Å². The lowest BCUT2D eigenvalue weighted by atomic mass is 10.0. The number of benzene rings is 1. The minimum atomic E-state index is -0.594. The molecule has 1 N–H and O–H groups in total. The summed E-state index contributed by atoms with van der Waals surface area (Å²) in [4.78, 5) is 26.8. The minimum Gasteiger partial charge on any atom is -0.459 e. The Kier molecular flexibility index (Phi) is 4.12. The molecule has 0 fully saturated rings. The fourth-order valence-electron chi connectivity index (χ4n) is 2.63. The number of furan rings is 1. The maximum absolute atomic E-state index is 14.1. The molecular weight excluding hydrogens is 311 g/mol. The molecule has 0 unspecified atom stereocenters. The summed E-state index contributed by atoms with van der Waals surface area (Å²) in [5, 5.41) is 2.39. The summed E-state index contributed by atoms with van der Waals surface area (Å²) in [5.74, 6) is -0.387. The van der Waals surface area contributed by atoms with Crippen LogP contribution in [0, 0.1) is 12.7 Å². The summed E-state index contributed by atoms with van der Waals surface area (Å²) < 4.78 is 19.7. The highest BCUT2D eigenvalue weighted by molar-refractivity contribution is 5.94. The van der Waals surface area contributed by atoms with Crippen molar-refractivity contribution < 1.29 is 18.4 Å². The van der Waals surface area contributed by atoms with E-state index in [1.54, 1.807) is 25.1 Å². The monoisotopic (exact) mass is 326 g/mol. The van der Waals surface area contributed by atoms with E-state index in [2.05, 4.69) is 10.3 Å². The fraction of sp³-hybridized carbons (Fsp3) is 0.167. The standard InChI is InChI=1S/C18H15FN2O3/c1-10-5-16-17(24-10)12(8-13(9-22)21-16)6-11-3-4-14(15(19)7-11)18(23)20-2/h3-5,7-9H,6H2,1-2H3,(H,20,23). The predicted octanol–water partition coefficient (Wildman–Crippen LogP) is 3.04. The van der Waals surface area contributed by atoms with Crippen molar-refractivity contribution in [2.75, 3.05) is 7.05 Å². The Morgan fingerprint density at radius 1 is 1.33 bits per heavy atom. The van der Waals surface area contributed by atoms with Crippen LogP contribution in [0.1, 0.15) is 37.7 Å². The van der Waals surface area contributed by atoms with Crippen LogP contribution < -0.4 is 5.32 Å². The van der Waals surface area contributed by atoms with Gasteiger partial charge in [-0.15, -0.1) is 0 Å². The zero-order valence-corrected chi connectivity index (χ0v) is 13.2. The number of hydrogen-bond donors (Lipinski definition) is 1. The number of aryl methyl sites for hydroxylation is 1. The predicted molar refractivity (Wildman–Crippen MR) is 86.7 cm³/mol. The Morgan fingerprint density at radius 2 is 2.12 bits per heavy atom. The van der Waals surface area contributed by atoms with Gasteiger partial charge < -0.3 is 9.73 Å². The van der Waals surface area contributed by atoms with E-state index in [9.17, 15) is 14.0 Å². The number of pyridine rings is 1. The van der Waals surface area contributed by atoms with Gasteiger partial charge in [-0.05, 0) is 30.7 Å². The van der Waals surface area contributed by atoms with Crippen molar-refractivity contribution in [2.45, 2.75) is 13.3 Å². The van der Waals surface area contributed by atoms with Crippen molar-refractivity contribution >= 4 is 23.3 Å². The van der Waals surface area contributed by atoms with Crippen LogP contribution in [0.2, 0.25) is 0 Å². The van der Waals surface area contributed by atoms with Crippen LogP contribution in [0.5, 0.6) is 0 Å². The fourth-order valence-corrected chi connectivity index (χ4v) is 2.63. The first-order chi connectivity index (χ1) is 11.5. The summed E-state index contributed by atoms with van der Waals surface area (Å²) in [6.07, 6.45) is 1.03. The van der Waals surface area contributed by atoms with E-state index in [0.717, 1.165) is 5.56 Å². The average molecular weight is 326 g/mol. The highest BCUT2D eigenvalue weighted by Gasteiger charge is 2.14. The number of aromatic nitrogens is 1. The molecule has 3 rings (SSSR count). The molecule has 2 heterocycles. The number of rotatable bonds is 4. The first kappa shape index (κ1) is 15.9. The number of halogens is 1. The van der Waals surface area contributed by atoms with Gasteiger partial charge in [0, 0.05) is 25.1 Å². The molecule has 5 nitrogen and oxygen atoms in total. The minimum absolute atomic E-state index is 0.0106. The average Bonchev–Trinajstić information content (AvgIpc) is 2.94. The van der Waals surface area contributed by atoms with E-state index in [1.165, 1.54) is 19.2 Å². The second kappa shape index (κ2) is 6.23. The van der Waals surface area contributed by atoms with Crippen LogP contribution in [0.3, 0.4) is 0 Å². The second-order valence-corrected chi connectivity index (χ2v) is 5.47. The second-order valence-electron chi connectivity index (χ2n) is 5.47. The molecule has 0 saturated carbocycles. The number of amides is 1. The molecule has 0 saturated heterocycles. The number of carbonyl (C=O) groups excluding carboxylic acids is 2. The number of fused-ring (bicyclic) bond motifs is 1. The molecule has 2 aromatic heterocycles. The highest BCUT2D eigenvalue weighted by Crippen LogP contribution is 2.25. The van der Waals surface area contributed by atoms with Crippen molar-refractivity contribution in [3.63, 3.8) is 0 Å². The van der Waals surface area contributed by atoms with Crippen LogP contribution in [-0.2, 0) is 6.42 Å². The summed E-state index contributed by atoms with van der Waals surface area (Å²) >= 11 is 0. The van der Waals surface area contributed by atoms with E-state index in [4.69, 9.17) is 4.42 Å². The molecule has 3 aromatic rings. The van der Waals surface area contributed by atoms with Crippen molar-refractivity contribution in [3.05, 3.63) is 64.3 Å². The Morgan fingerprint density at radius 3 is 2.79 bits per heavy atom. The Balaban J connectivity index is 2.02. The molecule has 0 spiro atoms. The molecule has 24 heavy (non-hydrogen) atoms. The molecule has 1 amide bonds. The summed E-state index contributed by atoms with van der Waals surface area (Å²) in [6, 6.07) is 7.81. The van der Waals surface area contributed by atoms with Gasteiger partial charge in [-0.25, -0.2) is 9.37 Å². The van der Waals surface area contributed by atoms with E-state index in [0.29, 0.717) is 40.8 Å². The Labute approximate surface area is 137 Å². The van der Waals surface area contributed by atoms with Gasteiger partial charge in [0.05, 0.1) is 5.56 Å². The van der Waals surface area contributed by atoms with Gasteiger partial charge in [0.25, 0.3) is 5.91 Å². The Hall–Kier alpha value is -3.02. The van der Waals surface area contributed by atoms with Crippen molar-refractivity contribution in [3.8, 4) is 0 Å². The maximum Gasteiger partial charge on any atom is 0.253 e. The van der Waals surface area contributed by atoms with E-state index in [1.807, 2.05) is 0 Å². The number of hydrogen-bond acceptors (Lipinski definition) is 4. The lowest BCUT2D eigenvalue weighted by Gasteiger charge is -2.07. The molecule has 0 aliphatic rings. The highest BCUT2D eigenvalue weighted by atomic mass is 19.1. The third kappa shape index (κ3) is 2.90. The molecular formula is C18H15FN2O3. The van der Waals surface area contributed by atoms with Crippen LogP contribution in [0.4, 0.5) is 4.39 Å². The first-order valence-electron chi connectivity index (χ1n) is 7.37. The van der Waals surface area contributed by atoms with Crippen LogP contribution in [0.25, 0.3) is 11.1 Å². The van der Waals surface area contributed by atoms with Crippen LogP contribution in [0.15, 0.2) is 34.7 Å². The normalized spacial score (nSPS) is 10.8. The lowest BCUT2D eigenvalue weighted by molar-refractivity contribution is 0.0958. The molecule has 0 bridgehead atoms. The third-order valence-electron chi connectivity index (χ3n) is 3.72. The van der Waals surface area contributed by atoms with Gasteiger partial charge >= 0.3 is 0 Å². The van der Waals surface area contributed by atoms with Gasteiger partial charge in [0.1, 0.15) is 22.8 Å². The summed E-state index contributed by atoms with van der Waals surface area (Å²) in [5.41, 5.74) is 2.86. The largest absolute Gasteiger partial charge is 0.459 e. The molecule has 0 radical (unpaired) electrons. The molecule has 0 aliphatic heterocycles. The van der Waals surface area contributed by atoms with E-state index < -0.39 is 11.7 Å². The van der Waals surface area contributed by atoms with Gasteiger partial charge in [-0.1, -0.05) is 6.07 Å². The number of nitrogens with one attached hydrogen (secondary N) is 1. The van der Waals surface area contributed by atoms with Crippen LogP contribution in [-0.4, -0.2) is 24.2 Å². The van der Waals surface area contributed by atoms with E-state index in [-0.39, 0.29) is 5.56 Å². The number of nitrogens with zero attached hydrogens (tertiary/aromatic N) is 1. The maximum atomic E-state index is 14.1. The molecule has 122 valence electrons. The van der Waals surface area contributed by atoms with Crippen molar-refractivity contribution in [1.29, 1.82) is 0 Å². The molecule has 0 aliphatic carbocycles. The smallest absolute Gasteiger partial charge is 0.253 e. The first-order valence-corrected chi connectivity index (χ1v) is 7.37. The molecule has 1 aromatic carbocycles. The molecule has 6 heteroatoms. The zero-order valence-electron chi connectivity index (χ0n) is 13.2. The summed E-state index contributed by atoms with van der Waals surface area (Å²) in [6.45, 7) is 1.80. The topological polar surface area (TPSA) is 72.2 Å². The Bertz CT molecular complexity index is 947. The van der Waals surface area contributed by atoms with Gasteiger partial charge in [0.15, 0.2) is 11.9 Å². The van der Waals surface area contributed by atoms with Gasteiger partial charge in [0.2, 0.25) is 0 Å².